The lowest BCUT2D eigenvalue weighted by Crippen LogP contribution is -2.37. The number of carboxylic acid groups (broad SMARTS) is 1. The van der Waals surface area contributed by atoms with Gasteiger partial charge in [0.1, 0.15) is 11.8 Å². The number of aliphatic carboxylic acids is 1. The molecule has 1 aromatic rings. The highest BCUT2D eigenvalue weighted by atomic mass is 16.5. The second kappa shape index (κ2) is 9.37. The molecule has 2 unspecified atom stereocenters. The Labute approximate surface area is 125 Å². The van der Waals surface area contributed by atoms with Crippen LogP contribution in [0.25, 0.3) is 0 Å². The average Bonchev–Trinajstić information content (AvgIpc) is 2.47. The first-order valence-electron chi connectivity index (χ1n) is 7.45. The molecule has 0 aliphatic carbocycles. The van der Waals surface area contributed by atoms with Gasteiger partial charge in [0.25, 0.3) is 0 Å². The van der Waals surface area contributed by atoms with Crippen LogP contribution in [0.5, 0.6) is 5.75 Å². The highest BCUT2D eigenvalue weighted by molar-refractivity contribution is 5.73. The highest BCUT2D eigenvalue weighted by Gasteiger charge is 2.16. The Morgan fingerprint density at radius 2 is 1.90 bits per heavy atom. The molecule has 0 amide bonds. The lowest BCUT2D eigenvalue weighted by atomic mass is 10.1. The molecule has 1 aromatic carbocycles. The predicted octanol–water partition coefficient (Wildman–Crippen LogP) is 2.35. The van der Waals surface area contributed by atoms with E-state index in [9.17, 15) is 9.90 Å². The maximum Gasteiger partial charge on any atom is 0.320 e. The van der Waals surface area contributed by atoms with E-state index < -0.39 is 18.1 Å². The van der Waals surface area contributed by atoms with Crippen molar-refractivity contribution in [1.29, 1.82) is 0 Å². The summed E-state index contributed by atoms with van der Waals surface area (Å²) in [7, 11) is 0. The zero-order chi connectivity index (χ0) is 15.7. The number of benzene rings is 1. The minimum atomic E-state index is -0.840. The SMILES string of the molecule is CCCC(NCCC(O)c1ccc(OCC)cc1)C(=O)O. The van der Waals surface area contributed by atoms with Crippen LogP contribution in [-0.2, 0) is 4.79 Å². The van der Waals surface area contributed by atoms with Gasteiger partial charge in [0.2, 0.25) is 0 Å². The minimum Gasteiger partial charge on any atom is -0.494 e. The van der Waals surface area contributed by atoms with Gasteiger partial charge < -0.3 is 20.3 Å². The third kappa shape index (κ3) is 6.14. The normalized spacial score (nSPS) is 13.7. The fraction of sp³-hybridized carbons (Fsp3) is 0.562. The van der Waals surface area contributed by atoms with Gasteiger partial charge in [0.05, 0.1) is 12.7 Å². The summed E-state index contributed by atoms with van der Waals surface area (Å²) in [5.74, 6) is -0.0622. The van der Waals surface area contributed by atoms with Crippen molar-refractivity contribution in [2.75, 3.05) is 13.2 Å². The van der Waals surface area contributed by atoms with Crippen LogP contribution in [0.4, 0.5) is 0 Å². The van der Waals surface area contributed by atoms with Crippen molar-refractivity contribution in [3.8, 4) is 5.75 Å². The third-order valence-electron chi connectivity index (χ3n) is 3.26. The molecule has 0 aliphatic heterocycles. The highest BCUT2D eigenvalue weighted by Crippen LogP contribution is 2.20. The molecular formula is C16H25NO4. The molecular weight excluding hydrogens is 270 g/mol. The minimum absolute atomic E-state index is 0.464. The largest absolute Gasteiger partial charge is 0.494 e. The number of hydrogen-bond donors (Lipinski definition) is 3. The molecule has 0 aliphatic rings. The number of carboxylic acids is 1. The van der Waals surface area contributed by atoms with Crippen LogP contribution in [0.3, 0.4) is 0 Å². The summed E-state index contributed by atoms with van der Waals surface area (Å²) in [6.07, 6.45) is 1.27. The molecule has 0 aromatic heterocycles. The molecule has 0 fully saturated rings. The Bertz CT molecular complexity index is 419. The molecule has 0 spiro atoms. The second-order valence-corrected chi connectivity index (χ2v) is 4.94. The lowest BCUT2D eigenvalue weighted by Gasteiger charge is -2.16. The van der Waals surface area contributed by atoms with E-state index in [2.05, 4.69) is 5.32 Å². The topological polar surface area (TPSA) is 78.8 Å². The summed E-state index contributed by atoms with van der Waals surface area (Å²) in [5, 5.41) is 22.1. The van der Waals surface area contributed by atoms with Gasteiger partial charge in [-0.3, -0.25) is 4.79 Å². The number of carbonyl (C=O) groups is 1. The fourth-order valence-corrected chi connectivity index (χ4v) is 2.12. The van der Waals surface area contributed by atoms with Crippen LogP contribution < -0.4 is 10.1 Å². The third-order valence-corrected chi connectivity index (χ3v) is 3.26. The van der Waals surface area contributed by atoms with Crippen molar-refractivity contribution in [2.45, 2.75) is 45.3 Å². The molecule has 21 heavy (non-hydrogen) atoms. The molecule has 118 valence electrons. The van der Waals surface area contributed by atoms with Gasteiger partial charge in [0, 0.05) is 0 Å². The standard InChI is InChI=1S/C16H25NO4/c1-3-5-14(16(19)20)17-11-10-15(18)12-6-8-13(9-7-12)21-4-2/h6-9,14-15,17-18H,3-5,10-11H2,1-2H3,(H,19,20). The summed E-state index contributed by atoms with van der Waals surface area (Å²) in [6.45, 7) is 4.95. The van der Waals surface area contributed by atoms with E-state index in [1.54, 1.807) is 0 Å². The van der Waals surface area contributed by atoms with E-state index in [0.717, 1.165) is 17.7 Å². The molecule has 3 N–H and O–H groups in total. The molecule has 0 saturated heterocycles. The van der Waals surface area contributed by atoms with E-state index in [4.69, 9.17) is 9.84 Å². The molecule has 0 bridgehead atoms. The van der Waals surface area contributed by atoms with Gasteiger partial charge >= 0.3 is 5.97 Å². The van der Waals surface area contributed by atoms with Gasteiger partial charge in [-0.15, -0.1) is 0 Å². The first-order chi connectivity index (χ1) is 10.1. The molecule has 2 atom stereocenters. The van der Waals surface area contributed by atoms with E-state index in [0.29, 0.717) is 26.0 Å². The predicted molar refractivity (Wildman–Crippen MR) is 81.5 cm³/mol. The maximum atomic E-state index is 11.0. The molecule has 5 nitrogen and oxygen atoms in total. The summed E-state index contributed by atoms with van der Waals surface area (Å²) in [6, 6.07) is 6.77. The number of hydrogen-bond acceptors (Lipinski definition) is 4. The number of ether oxygens (including phenoxy) is 1. The molecule has 5 heteroatoms. The van der Waals surface area contributed by atoms with Gasteiger partial charge in [-0.05, 0) is 44.0 Å². The van der Waals surface area contributed by atoms with Gasteiger partial charge in [0.15, 0.2) is 0 Å². The van der Waals surface area contributed by atoms with Crippen molar-refractivity contribution in [3.05, 3.63) is 29.8 Å². The Kier molecular flexibility index (Phi) is 7.79. The monoisotopic (exact) mass is 295 g/mol. The van der Waals surface area contributed by atoms with Crippen molar-refractivity contribution in [2.24, 2.45) is 0 Å². The van der Waals surface area contributed by atoms with Crippen molar-refractivity contribution in [1.82, 2.24) is 5.32 Å². The lowest BCUT2D eigenvalue weighted by molar-refractivity contribution is -0.139. The van der Waals surface area contributed by atoms with Crippen molar-refractivity contribution < 1.29 is 19.7 Å². The first-order valence-corrected chi connectivity index (χ1v) is 7.45. The van der Waals surface area contributed by atoms with Crippen LogP contribution in [0, 0.1) is 0 Å². The number of aliphatic hydroxyl groups is 1. The van der Waals surface area contributed by atoms with Gasteiger partial charge in [-0.25, -0.2) is 0 Å². The molecule has 0 heterocycles. The van der Waals surface area contributed by atoms with Crippen LogP contribution in [0.2, 0.25) is 0 Å². The molecule has 0 saturated carbocycles. The zero-order valence-electron chi connectivity index (χ0n) is 12.7. The second-order valence-electron chi connectivity index (χ2n) is 4.94. The van der Waals surface area contributed by atoms with Gasteiger partial charge in [-0.1, -0.05) is 25.5 Å². The number of rotatable bonds is 10. The van der Waals surface area contributed by atoms with E-state index >= 15 is 0 Å². The smallest absolute Gasteiger partial charge is 0.320 e. The molecule has 0 radical (unpaired) electrons. The van der Waals surface area contributed by atoms with Gasteiger partial charge in [-0.2, -0.15) is 0 Å². The fourth-order valence-electron chi connectivity index (χ4n) is 2.12. The Hall–Kier alpha value is -1.59. The Morgan fingerprint density at radius 3 is 2.43 bits per heavy atom. The average molecular weight is 295 g/mol. The summed E-state index contributed by atoms with van der Waals surface area (Å²) in [5.41, 5.74) is 0.808. The van der Waals surface area contributed by atoms with Crippen LogP contribution >= 0.6 is 0 Å². The number of aliphatic hydroxyl groups excluding tert-OH is 1. The Morgan fingerprint density at radius 1 is 1.24 bits per heavy atom. The summed E-state index contributed by atoms with van der Waals surface area (Å²) >= 11 is 0. The summed E-state index contributed by atoms with van der Waals surface area (Å²) < 4.78 is 5.35. The quantitative estimate of drug-likeness (QED) is 0.617. The van der Waals surface area contributed by atoms with Crippen LogP contribution in [0.15, 0.2) is 24.3 Å². The van der Waals surface area contributed by atoms with E-state index in [-0.39, 0.29) is 0 Å². The summed E-state index contributed by atoms with van der Waals surface area (Å²) in [4.78, 5) is 11.0. The van der Waals surface area contributed by atoms with Crippen molar-refractivity contribution >= 4 is 5.97 Å². The number of nitrogens with one attached hydrogen (secondary N) is 1. The van der Waals surface area contributed by atoms with Crippen LogP contribution in [-0.4, -0.2) is 35.4 Å². The van der Waals surface area contributed by atoms with E-state index in [1.165, 1.54) is 0 Å². The van der Waals surface area contributed by atoms with E-state index in [1.807, 2.05) is 38.1 Å². The van der Waals surface area contributed by atoms with Crippen molar-refractivity contribution in [3.63, 3.8) is 0 Å². The molecule has 1 rings (SSSR count). The Balaban J connectivity index is 2.42. The maximum absolute atomic E-state index is 11.0. The first kappa shape index (κ1) is 17.5. The zero-order valence-corrected chi connectivity index (χ0v) is 12.7. The van der Waals surface area contributed by atoms with Crippen LogP contribution in [0.1, 0.15) is 44.8 Å².